The number of rotatable bonds is 3. The molecular weight excluding hydrogens is 264 g/mol. The van der Waals surface area contributed by atoms with Gasteiger partial charge in [0.2, 0.25) is 0 Å². The lowest BCUT2D eigenvalue weighted by Crippen LogP contribution is -2.14. The van der Waals surface area contributed by atoms with E-state index >= 15 is 0 Å². The molecule has 3 aromatic heterocycles. The molecule has 3 rings (SSSR count). The standard InChI is InChI=1S/C12H10N4O2S/c1-18-10-8(11(13)17)4-9(7-2-3-19-5-7)16-12(10)14-6-15-16/h2-6H,1H3,(H2,13,17). The van der Waals surface area contributed by atoms with Gasteiger partial charge in [0.15, 0.2) is 11.4 Å². The largest absolute Gasteiger partial charge is 0.492 e. The molecule has 6 nitrogen and oxygen atoms in total. The number of nitrogens with two attached hydrogens (primary N) is 1. The maximum Gasteiger partial charge on any atom is 0.252 e. The molecule has 0 bridgehead atoms. The number of primary amides is 1. The van der Waals surface area contributed by atoms with Crippen molar-refractivity contribution in [2.75, 3.05) is 7.11 Å². The lowest BCUT2D eigenvalue weighted by atomic mass is 10.1. The molecule has 19 heavy (non-hydrogen) atoms. The highest BCUT2D eigenvalue weighted by Crippen LogP contribution is 2.30. The first-order chi connectivity index (χ1) is 9.22. The summed E-state index contributed by atoms with van der Waals surface area (Å²) in [4.78, 5) is 15.7. The smallest absolute Gasteiger partial charge is 0.252 e. The molecule has 3 heterocycles. The minimum Gasteiger partial charge on any atom is -0.492 e. The van der Waals surface area contributed by atoms with Crippen LogP contribution in [0.4, 0.5) is 0 Å². The summed E-state index contributed by atoms with van der Waals surface area (Å²) in [5, 5.41) is 8.08. The summed E-state index contributed by atoms with van der Waals surface area (Å²) in [6.45, 7) is 0. The van der Waals surface area contributed by atoms with E-state index in [2.05, 4.69) is 10.1 Å². The van der Waals surface area contributed by atoms with Crippen molar-refractivity contribution in [2.24, 2.45) is 5.73 Å². The minimum atomic E-state index is -0.557. The Kier molecular flexibility index (Phi) is 2.68. The molecule has 0 saturated carbocycles. The van der Waals surface area contributed by atoms with Gasteiger partial charge in [0.05, 0.1) is 18.4 Å². The summed E-state index contributed by atoms with van der Waals surface area (Å²) < 4.78 is 6.86. The molecular formula is C12H10N4O2S. The van der Waals surface area contributed by atoms with Crippen LogP contribution in [0.5, 0.6) is 5.75 Å². The van der Waals surface area contributed by atoms with Crippen LogP contribution in [0.2, 0.25) is 0 Å². The highest BCUT2D eigenvalue weighted by atomic mass is 32.1. The van der Waals surface area contributed by atoms with Gasteiger partial charge in [0.25, 0.3) is 5.91 Å². The fourth-order valence-corrected chi connectivity index (χ4v) is 2.61. The van der Waals surface area contributed by atoms with Crippen molar-refractivity contribution in [3.8, 4) is 17.0 Å². The monoisotopic (exact) mass is 274 g/mol. The molecule has 0 fully saturated rings. The van der Waals surface area contributed by atoms with Gasteiger partial charge in [-0.2, -0.15) is 16.4 Å². The fourth-order valence-electron chi connectivity index (χ4n) is 1.96. The van der Waals surface area contributed by atoms with Gasteiger partial charge in [-0.15, -0.1) is 0 Å². The molecule has 0 atom stereocenters. The van der Waals surface area contributed by atoms with E-state index in [-0.39, 0.29) is 0 Å². The van der Waals surface area contributed by atoms with E-state index in [1.165, 1.54) is 13.4 Å². The second-order valence-electron chi connectivity index (χ2n) is 3.85. The Balaban J connectivity index is 2.40. The first-order valence-electron chi connectivity index (χ1n) is 5.45. The molecule has 0 aliphatic carbocycles. The summed E-state index contributed by atoms with van der Waals surface area (Å²) in [6, 6.07) is 3.61. The number of fused-ring (bicyclic) bond motifs is 1. The normalized spacial score (nSPS) is 10.8. The number of pyridine rings is 1. The van der Waals surface area contributed by atoms with Crippen molar-refractivity contribution in [3.63, 3.8) is 0 Å². The van der Waals surface area contributed by atoms with E-state index in [0.717, 1.165) is 11.3 Å². The number of amides is 1. The van der Waals surface area contributed by atoms with Gasteiger partial charge < -0.3 is 10.5 Å². The highest BCUT2D eigenvalue weighted by molar-refractivity contribution is 7.08. The van der Waals surface area contributed by atoms with Crippen LogP contribution >= 0.6 is 11.3 Å². The van der Waals surface area contributed by atoms with Crippen LogP contribution in [0.1, 0.15) is 10.4 Å². The number of carbonyl (C=O) groups is 1. The molecule has 0 spiro atoms. The zero-order valence-corrected chi connectivity index (χ0v) is 10.8. The third kappa shape index (κ3) is 1.75. The summed E-state index contributed by atoms with van der Waals surface area (Å²) in [7, 11) is 1.47. The Morgan fingerprint density at radius 1 is 1.53 bits per heavy atom. The molecule has 0 aliphatic rings. The Morgan fingerprint density at radius 2 is 2.37 bits per heavy atom. The maximum absolute atomic E-state index is 11.6. The van der Waals surface area contributed by atoms with Gasteiger partial charge in [-0.05, 0) is 17.5 Å². The number of hydrogen-bond donors (Lipinski definition) is 1. The quantitative estimate of drug-likeness (QED) is 0.785. The first-order valence-corrected chi connectivity index (χ1v) is 6.39. The molecule has 0 radical (unpaired) electrons. The molecule has 7 heteroatoms. The molecule has 3 aromatic rings. The second kappa shape index (κ2) is 4.36. The van der Waals surface area contributed by atoms with Crippen molar-refractivity contribution in [1.29, 1.82) is 0 Å². The molecule has 2 N–H and O–H groups in total. The van der Waals surface area contributed by atoms with E-state index in [0.29, 0.717) is 17.0 Å². The number of ether oxygens (including phenoxy) is 1. The summed E-state index contributed by atoms with van der Waals surface area (Å²) in [5.74, 6) is -0.220. The lowest BCUT2D eigenvalue weighted by molar-refractivity contribution is 0.0997. The van der Waals surface area contributed by atoms with Crippen LogP contribution in [0, 0.1) is 0 Å². The zero-order chi connectivity index (χ0) is 13.4. The first kappa shape index (κ1) is 11.7. The number of hydrogen-bond acceptors (Lipinski definition) is 5. The summed E-state index contributed by atoms with van der Waals surface area (Å²) in [6.07, 6.45) is 1.42. The average molecular weight is 274 g/mol. The highest BCUT2D eigenvalue weighted by Gasteiger charge is 2.19. The number of thiophene rings is 1. The zero-order valence-electron chi connectivity index (χ0n) is 10.0. The second-order valence-corrected chi connectivity index (χ2v) is 4.63. The van der Waals surface area contributed by atoms with Crippen molar-refractivity contribution in [3.05, 3.63) is 34.8 Å². The predicted octanol–water partition coefficient (Wildman–Crippen LogP) is 1.57. The Bertz CT molecular complexity index is 749. The Hall–Kier alpha value is -2.41. The van der Waals surface area contributed by atoms with Gasteiger partial charge in [-0.25, -0.2) is 9.50 Å². The van der Waals surface area contributed by atoms with E-state index in [1.54, 1.807) is 21.9 Å². The van der Waals surface area contributed by atoms with Crippen LogP contribution < -0.4 is 10.5 Å². The van der Waals surface area contributed by atoms with Crippen molar-refractivity contribution in [2.45, 2.75) is 0 Å². The van der Waals surface area contributed by atoms with Crippen LogP contribution in [0.25, 0.3) is 16.9 Å². The van der Waals surface area contributed by atoms with Crippen LogP contribution in [-0.2, 0) is 0 Å². The number of nitrogens with zero attached hydrogens (tertiary/aromatic N) is 3. The third-order valence-electron chi connectivity index (χ3n) is 2.79. The SMILES string of the molecule is COc1c(C(N)=O)cc(-c2ccsc2)n2ncnc12. The van der Waals surface area contributed by atoms with Gasteiger partial charge in [0, 0.05) is 10.9 Å². The number of aromatic nitrogens is 3. The van der Waals surface area contributed by atoms with E-state index in [9.17, 15) is 4.79 Å². The third-order valence-corrected chi connectivity index (χ3v) is 3.47. The maximum atomic E-state index is 11.6. The number of carbonyl (C=O) groups excluding carboxylic acids is 1. The molecule has 0 aromatic carbocycles. The van der Waals surface area contributed by atoms with Gasteiger partial charge in [-0.3, -0.25) is 4.79 Å². The molecule has 0 unspecified atom stereocenters. The lowest BCUT2D eigenvalue weighted by Gasteiger charge is -2.10. The van der Waals surface area contributed by atoms with Crippen LogP contribution in [0.3, 0.4) is 0 Å². The molecule has 0 aliphatic heterocycles. The Morgan fingerprint density at radius 3 is 3.00 bits per heavy atom. The topological polar surface area (TPSA) is 82.5 Å². The summed E-state index contributed by atoms with van der Waals surface area (Å²) >= 11 is 1.56. The molecule has 96 valence electrons. The number of methoxy groups -OCH3 is 1. The van der Waals surface area contributed by atoms with E-state index in [1.807, 2.05) is 16.8 Å². The molecule has 1 amide bonds. The van der Waals surface area contributed by atoms with Crippen molar-refractivity contribution in [1.82, 2.24) is 14.6 Å². The van der Waals surface area contributed by atoms with E-state index in [4.69, 9.17) is 10.5 Å². The van der Waals surface area contributed by atoms with Gasteiger partial charge in [-0.1, -0.05) is 0 Å². The van der Waals surface area contributed by atoms with Crippen molar-refractivity contribution < 1.29 is 9.53 Å². The minimum absolute atomic E-state index is 0.296. The molecule has 0 saturated heterocycles. The fraction of sp³-hybridized carbons (Fsp3) is 0.0833. The predicted molar refractivity (Wildman–Crippen MR) is 71.4 cm³/mol. The summed E-state index contributed by atoms with van der Waals surface area (Å²) in [5.41, 5.74) is 7.87. The van der Waals surface area contributed by atoms with E-state index < -0.39 is 5.91 Å². The van der Waals surface area contributed by atoms with Gasteiger partial charge in [0.1, 0.15) is 6.33 Å². The van der Waals surface area contributed by atoms with Crippen LogP contribution in [0.15, 0.2) is 29.2 Å². The average Bonchev–Trinajstić information content (AvgIpc) is 3.07. The van der Waals surface area contributed by atoms with Gasteiger partial charge >= 0.3 is 0 Å². The van der Waals surface area contributed by atoms with Crippen molar-refractivity contribution >= 4 is 22.9 Å². The van der Waals surface area contributed by atoms with Crippen LogP contribution in [-0.4, -0.2) is 27.6 Å². The Labute approximate surface area is 112 Å².